The molecular formula is C19H25NO2. The van der Waals surface area contributed by atoms with E-state index >= 15 is 0 Å². The smallest absolute Gasteiger partial charge is 0.166 e. The summed E-state index contributed by atoms with van der Waals surface area (Å²) in [6.45, 7) is 7.67. The number of rotatable bonds is 7. The van der Waals surface area contributed by atoms with Crippen molar-refractivity contribution in [3.8, 4) is 11.5 Å². The molecule has 0 unspecified atom stereocenters. The van der Waals surface area contributed by atoms with E-state index in [1.54, 1.807) is 7.11 Å². The molecule has 1 N–H and O–H groups in total. The molecule has 0 amide bonds. The van der Waals surface area contributed by atoms with Crippen molar-refractivity contribution in [1.82, 2.24) is 5.32 Å². The van der Waals surface area contributed by atoms with Crippen molar-refractivity contribution in [2.75, 3.05) is 7.11 Å². The third-order valence-corrected chi connectivity index (χ3v) is 3.61. The Morgan fingerprint density at radius 2 is 1.73 bits per heavy atom. The number of methoxy groups -OCH3 is 1. The van der Waals surface area contributed by atoms with Gasteiger partial charge in [0.25, 0.3) is 0 Å². The summed E-state index contributed by atoms with van der Waals surface area (Å²) in [4.78, 5) is 0. The van der Waals surface area contributed by atoms with Gasteiger partial charge in [-0.05, 0) is 24.1 Å². The number of ether oxygens (including phenoxy) is 2. The Labute approximate surface area is 133 Å². The molecule has 0 saturated heterocycles. The molecule has 0 spiro atoms. The van der Waals surface area contributed by atoms with E-state index in [2.05, 4.69) is 44.3 Å². The van der Waals surface area contributed by atoms with Gasteiger partial charge in [-0.15, -0.1) is 0 Å². The molecule has 0 fully saturated rings. The van der Waals surface area contributed by atoms with Gasteiger partial charge in [0.1, 0.15) is 6.61 Å². The Kier molecular flexibility index (Phi) is 5.84. The molecule has 0 aliphatic rings. The topological polar surface area (TPSA) is 30.5 Å². The van der Waals surface area contributed by atoms with Gasteiger partial charge in [-0.2, -0.15) is 0 Å². The van der Waals surface area contributed by atoms with Crippen LogP contribution in [0.25, 0.3) is 0 Å². The molecule has 2 rings (SSSR count). The van der Waals surface area contributed by atoms with Crippen LogP contribution in [0.4, 0.5) is 0 Å². The van der Waals surface area contributed by atoms with Gasteiger partial charge in [-0.3, -0.25) is 0 Å². The first-order chi connectivity index (χ1) is 10.6. The molecule has 0 saturated carbocycles. The first kappa shape index (κ1) is 16.4. The fraction of sp³-hybridized carbons (Fsp3) is 0.368. The second kappa shape index (κ2) is 7.85. The predicted molar refractivity (Wildman–Crippen MR) is 90.5 cm³/mol. The number of nitrogens with one attached hydrogen (secondary N) is 1. The molecule has 22 heavy (non-hydrogen) atoms. The second-order valence-corrected chi connectivity index (χ2v) is 5.70. The van der Waals surface area contributed by atoms with Crippen LogP contribution >= 0.6 is 0 Å². The van der Waals surface area contributed by atoms with Crippen molar-refractivity contribution in [2.24, 2.45) is 0 Å². The van der Waals surface area contributed by atoms with Crippen molar-refractivity contribution < 1.29 is 9.47 Å². The van der Waals surface area contributed by atoms with Crippen LogP contribution in [0.2, 0.25) is 0 Å². The summed E-state index contributed by atoms with van der Waals surface area (Å²) in [6.07, 6.45) is 0. The average molecular weight is 299 g/mol. The van der Waals surface area contributed by atoms with Gasteiger partial charge in [0.05, 0.1) is 7.11 Å². The zero-order valence-corrected chi connectivity index (χ0v) is 13.8. The first-order valence-electron chi connectivity index (χ1n) is 7.68. The lowest BCUT2D eigenvalue weighted by Gasteiger charge is -2.17. The normalized spacial score (nSPS) is 10.8. The summed E-state index contributed by atoms with van der Waals surface area (Å²) in [6, 6.07) is 14.7. The van der Waals surface area contributed by atoms with E-state index in [0.717, 1.165) is 23.6 Å². The predicted octanol–water partition coefficient (Wildman–Crippen LogP) is 4.08. The maximum atomic E-state index is 6.09. The molecule has 0 radical (unpaired) electrons. The monoisotopic (exact) mass is 299 g/mol. The van der Waals surface area contributed by atoms with E-state index in [1.165, 1.54) is 11.1 Å². The minimum absolute atomic E-state index is 0.426. The van der Waals surface area contributed by atoms with Crippen LogP contribution < -0.4 is 14.8 Å². The van der Waals surface area contributed by atoms with Crippen LogP contribution in [0.3, 0.4) is 0 Å². The van der Waals surface area contributed by atoms with Gasteiger partial charge in [0, 0.05) is 18.2 Å². The highest BCUT2D eigenvalue weighted by Crippen LogP contribution is 2.32. The Hall–Kier alpha value is -2.00. The van der Waals surface area contributed by atoms with Gasteiger partial charge in [-0.1, -0.05) is 50.2 Å². The third kappa shape index (κ3) is 4.25. The van der Waals surface area contributed by atoms with Gasteiger partial charge in [0.2, 0.25) is 0 Å². The minimum Gasteiger partial charge on any atom is -0.493 e. The fourth-order valence-electron chi connectivity index (χ4n) is 2.26. The van der Waals surface area contributed by atoms with Crippen LogP contribution in [0, 0.1) is 6.92 Å². The quantitative estimate of drug-likeness (QED) is 0.835. The zero-order chi connectivity index (χ0) is 15.9. The molecule has 0 bridgehead atoms. The molecule has 2 aromatic carbocycles. The largest absolute Gasteiger partial charge is 0.493 e. The van der Waals surface area contributed by atoms with Gasteiger partial charge in [0.15, 0.2) is 11.5 Å². The molecule has 3 heteroatoms. The van der Waals surface area contributed by atoms with Crippen LogP contribution in [0.5, 0.6) is 11.5 Å². The first-order valence-corrected chi connectivity index (χ1v) is 7.68. The second-order valence-electron chi connectivity index (χ2n) is 5.70. The summed E-state index contributed by atoms with van der Waals surface area (Å²) in [5.74, 6) is 1.60. The van der Waals surface area contributed by atoms with Gasteiger partial charge < -0.3 is 14.8 Å². The lowest BCUT2D eigenvalue weighted by molar-refractivity contribution is 0.280. The Morgan fingerprint density at radius 3 is 2.41 bits per heavy atom. The zero-order valence-electron chi connectivity index (χ0n) is 13.8. The van der Waals surface area contributed by atoms with Crippen molar-refractivity contribution in [1.29, 1.82) is 0 Å². The van der Waals surface area contributed by atoms with Crippen LogP contribution in [0.1, 0.15) is 30.5 Å². The molecular weight excluding hydrogens is 274 g/mol. The summed E-state index contributed by atoms with van der Waals surface area (Å²) >= 11 is 0. The van der Waals surface area contributed by atoms with Gasteiger partial charge in [-0.25, -0.2) is 0 Å². The van der Waals surface area contributed by atoms with E-state index in [4.69, 9.17) is 9.47 Å². The molecule has 118 valence electrons. The lowest BCUT2D eigenvalue weighted by Crippen LogP contribution is -2.22. The number of hydrogen-bond donors (Lipinski definition) is 1. The SMILES string of the molecule is COc1cccc(CNC(C)C)c1OCc1ccccc1C. The molecule has 0 aromatic heterocycles. The Bertz CT molecular complexity index is 608. The van der Waals surface area contributed by atoms with Crippen LogP contribution in [0.15, 0.2) is 42.5 Å². The summed E-state index contributed by atoms with van der Waals surface area (Å²) in [7, 11) is 1.68. The summed E-state index contributed by atoms with van der Waals surface area (Å²) in [5.41, 5.74) is 3.54. The minimum atomic E-state index is 0.426. The van der Waals surface area contributed by atoms with Crippen molar-refractivity contribution in [3.63, 3.8) is 0 Å². The highest BCUT2D eigenvalue weighted by Gasteiger charge is 2.11. The molecule has 0 heterocycles. The number of benzene rings is 2. The number of para-hydroxylation sites is 1. The summed E-state index contributed by atoms with van der Waals surface area (Å²) in [5, 5.41) is 3.43. The van der Waals surface area contributed by atoms with E-state index in [1.807, 2.05) is 24.3 Å². The van der Waals surface area contributed by atoms with Gasteiger partial charge >= 0.3 is 0 Å². The van der Waals surface area contributed by atoms with E-state index in [0.29, 0.717) is 12.6 Å². The van der Waals surface area contributed by atoms with Crippen molar-refractivity contribution >= 4 is 0 Å². The number of hydrogen-bond acceptors (Lipinski definition) is 3. The Balaban J connectivity index is 2.18. The molecule has 0 aliphatic carbocycles. The average Bonchev–Trinajstić information content (AvgIpc) is 2.52. The van der Waals surface area contributed by atoms with E-state index in [9.17, 15) is 0 Å². The highest BCUT2D eigenvalue weighted by molar-refractivity contribution is 5.46. The third-order valence-electron chi connectivity index (χ3n) is 3.61. The molecule has 3 nitrogen and oxygen atoms in total. The van der Waals surface area contributed by atoms with E-state index < -0.39 is 0 Å². The summed E-state index contributed by atoms with van der Waals surface area (Å²) < 4.78 is 11.6. The van der Waals surface area contributed by atoms with Crippen LogP contribution in [-0.4, -0.2) is 13.2 Å². The molecule has 2 aromatic rings. The maximum Gasteiger partial charge on any atom is 0.166 e. The molecule has 0 aliphatic heterocycles. The van der Waals surface area contributed by atoms with Crippen molar-refractivity contribution in [3.05, 3.63) is 59.2 Å². The lowest BCUT2D eigenvalue weighted by atomic mass is 10.1. The Morgan fingerprint density at radius 1 is 1.00 bits per heavy atom. The highest BCUT2D eigenvalue weighted by atomic mass is 16.5. The van der Waals surface area contributed by atoms with Crippen LogP contribution in [-0.2, 0) is 13.2 Å². The van der Waals surface area contributed by atoms with Crippen molar-refractivity contribution in [2.45, 2.75) is 40.0 Å². The van der Waals surface area contributed by atoms with E-state index in [-0.39, 0.29) is 0 Å². The fourth-order valence-corrected chi connectivity index (χ4v) is 2.26. The number of aryl methyl sites for hydroxylation is 1. The molecule has 0 atom stereocenters. The maximum absolute atomic E-state index is 6.09. The standard InChI is InChI=1S/C19H25NO2/c1-14(2)20-12-16-10-7-11-18(21-4)19(16)22-13-17-9-6-5-8-15(17)3/h5-11,14,20H,12-13H2,1-4H3.